The van der Waals surface area contributed by atoms with Crippen molar-refractivity contribution in [3.05, 3.63) is 53.6 Å². The number of aromatic carboxylic acids is 1. The van der Waals surface area contributed by atoms with Gasteiger partial charge in [0.2, 0.25) is 0 Å². The first-order chi connectivity index (χ1) is 25.1. The van der Waals surface area contributed by atoms with Crippen LogP contribution in [0, 0.1) is 51.2 Å². The molecule has 0 heterocycles. The first-order valence-electron chi connectivity index (χ1n) is 20.9. The highest BCUT2D eigenvalue weighted by atomic mass is 16.6. The summed E-state index contributed by atoms with van der Waals surface area (Å²) in [6.07, 6.45) is 13.7. The second kappa shape index (κ2) is 12.9. The average molecular weight is 742 g/mol. The molecule has 3 amide bonds. The SMILES string of the molecule is C=C(C)[C@@H]1CCC2(NC(=O)NCC3(NC(=O)OC(C)(C)C)CC3)CC[C@]3(C)[C@H](CC[C@@H]4[C@@]5(C)CC=C(c6ccc(C(=O)O)cc6)C(C)(C)[C@@H]5CC[C@]43C)[C@@H]12. The lowest BCUT2D eigenvalue weighted by molar-refractivity contribution is -0.218. The molecule has 0 spiro atoms. The van der Waals surface area contributed by atoms with Gasteiger partial charge in [-0.3, -0.25) is 0 Å². The first-order valence-corrected chi connectivity index (χ1v) is 20.9. The van der Waals surface area contributed by atoms with E-state index in [0.717, 1.165) is 50.5 Å². The monoisotopic (exact) mass is 742 g/mol. The predicted octanol–water partition coefficient (Wildman–Crippen LogP) is 10.1. The lowest BCUT2D eigenvalue weighted by Gasteiger charge is -2.72. The van der Waals surface area contributed by atoms with Crippen molar-refractivity contribution >= 4 is 23.7 Å². The molecule has 1 aromatic carbocycles. The van der Waals surface area contributed by atoms with Crippen LogP contribution in [0.5, 0.6) is 0 Å². The number of carboxylic acids is 1. The number of hydrogen-bond donors (Lipinski definition) is 4. The van der Waals surface area contributed by atoms with Gasteiger partial charge in [0, 0.05) is 12.1 Å². The molecule has 6 aliphatic rings. The third kappa shape index (κ3) is 6.20. The van der Waals surface area contributed by atoms with E-state index in [0.29, 0.717) is 41.7 Å². The number of carbonyl (C=O) groups excluding carboxylic acids is 2. The average Bonchev–Trinajstić information content (AvgIpc) is 3.72. The molecular formula is C46H67N3O5. The second-order valence-corrected chi connectivity index (χ2v) is 21.0. The number of benzene rings is 1. The Bertz CT molecular complexity index is 1740. The summed E-state index contributed by atoms with van der Waals surface area (Å²) >= 11 is 0. The Morgan fingerprint density at radius 1 is 0.852 bits per heavy atom. The summed E-state index contributed by atoms with van der Waals surface area (Å²) in [4.78, 5) is 38.0. The summed E-state index contributed by atoms with van der Waals surface area (Å²) in [7, 11) is 0. The predicted molar refractivity (Wildman–Crippen MR) is 214 cm³/mol. The smallest absolute Gasteiger partial charge is 0.408 e. The zero-order valence-electron chi connectivity index (χ0n) is 34.5. The Morgan fingerprint density at radius 2 is 1.54 bits per heavy atom. The number of rotatable bonds is 7. The molecule has 1 unspecified atom stereocenters. The molecule has 8 nitrogen and oxygen atoms in total. The molecular weight excluding hydrogens is 675 g/mol. The van der Waals surface area contributed by atoms with Crippen molar-refractivity contribution < 1.29 is 24.2 Å². The van der Waals surface area contributed by atoms with Gasteiger partial charge in [0.05, 0.1) is 11.1 Å². The van der Waals surface area contributed by atoms with Gasteiger partial charge in [0.1, 0.15) is 5.60 Å². The van der Waals surface area contributed by atoms with Crippen LogP contribution < -0.4 is 16.0 Å². The van der Waals surface area contributed by atoms with Crippen LogP contribution in [0.25, 0.3) is 5.57 Å². The Kier molecular flexibility index (Phi) is 9.29. The number of allylic oxidation sites excluding steroid dienone is 3. The molecule has 0 aliphatic heterocycles. The maximum absolute atomic E-state index is 13.9. The quantitative estimate of drug-likeness (QED) is 0.208. The highest BCUT2D eigenvalue weighted by Gasteiger charge is 2.70. The third-order valence-electron chi connectivity index (χ3n) is 16.7. The number of alkyl carbamates (subject to hydrolysis) is 1. The highest BCUT2D eigenvalue weighted by molar-refractivity contribution is 5.88. The van der Waals surface area contributed by atoms with E-state index < -0.39 is 23.2 Å². The van der Waals surface area contributed by atoms with Crippen molar-refractivity contribution in [2.45, 2.75) is 150 Å². The largest absolute Gasteiger partial charge is 0.478 e. The minimum Gasteiger partial charge on any atom is -0.478 e. The molecule has 7 rings (SSSR count). The fraction of sp³-hybridized carbons (Fsp3) is 0.717. The summed E-state index contributed by atoms with van der Waals surface area (Å²) in [5.74, 6) is 1.47. The van der Waals surface area contributed by atoms with Crippen molar-refractivity contribution in [1.29, 1.82) is 0 Å². The number of hydrogen-bond acceptors (Lipinski definition) is 4. The van der Waals surface area contributed by atoms with Gasteiger partial charge in [-0.25, -0.2) is 14.4 Å². The fourth-order valence-corrected chi connectivity index (χ4v) is 13.8. The Balaban J connectivity index is 1.11. The lowest BCUT2D eigenvalue weighted by Crippen LogP contribution is -2.69. The zero-order chi connectivity index (χ0) is 39.3. The first kappa shape index (κ1) is 39.0. The molecule has 1 aromatic rings. The second-order valence-electron chi connectivity index (χ2n) is 21.0. The van der Waals surface area contributed by atoms with Crippen LogP contribution in [0.1, 0.15) is 149 Å². The van der Waals surface area contributed by atoms with E-state index in [4.69, 9.17) is 4.74 Å². The van der Waals surface area contributed by atoms with Crippen molar-refractivity contribution in [2.24, 2.45) is 51.2 Å². The van der Waals surface area contributed by atoms with Gasteiger partial charge in [0.25, 0.3) is 0 Å². The standard InChI is InChI=1S/C46H67N3O5/c1-28(2)31-17-22-46(48-38(52)47-27-45(24-25-45)49-39(53)54-40(3,4)5)26-23-43(9)33(36(31)46)15-16-35-42(8)20-18-32(29-11-13-30(14-12-29)37(50)51)41(6,7)34(42)19-21-44(35,43)10/h11-14,18,31,33-36H,1,15-17,19-27H2,2-10H3,(H,49,53)(H,50,51)(H2,47,48,52)/t31-,33+,34-,35+,36+,42-,43+,44+,46?/m0/s1. The van der Waals surface area contributed by atoms with E-state index in [1.165, 1.54) is 36.8 Å². The van der Waals surface area contributed by atoms with Crippen LogP contribution in [0.3, 0.4) is 0 Å². The summed E-state index contributed by atoms with van der Waals surface area (Å²) in [5.41, 5.74) is 3.26. The van der Waals surface area contributed by atoms with E-state index >= 15 is 0 Å². The third-order valence-corrected chi connectivity index (χ3v) is 16.7. The zero-order valence-corrected chi connectivity index (χ0v) is 34.5. The molecule has 8 heteroatoms. The molecule has 4 N–H and O–H groups in total. The van der Waals surface area contributed by atoms with Gasteiger partial charge >= 0.3 is 18.1 Å². The number of fused-ring (bicyclic) bond motifs is 7. The van der Waals surface area contributed by atoms with Crippen LogP contribution >= 0.6 is 0 Å². The van der Waals surface area contributed by atoms with E-state index in [2.05, 4.69) is 70.1 Å². The summed E-state index contributed by atoms with van der Waals surface area (Å²) in [6, 6.07) is 7.39. The fourth-order valence-electron chi connectivity index (χ4n) is 13.8. The van der Waals surface area contributed by atoms with E-state index in [1.54, 1.807) is 12.1 Å². The van der Waals surface area contributed by atoms with Crippen molar-refractivity contribution in [2.75, 3.05) is 6.54 Å². The molecule has 54 heavy (non-hydrogen) atoms. The van der Waals surface area contributed by atoms with E-state index in [9.17, 15) is 19.5 Å². The maximum Gasteiger partial charge on any atom is 0.408 e. The van der Waals surface area contributed by atoms with Gasteiger partial charge in [0.15, 0.2) is 0 Å². The summed E-state index contributed by atoms with van der Waals surface area (Å²) in [5, 5.41) is 19.3. The lowest BCUT2D eigenvalue weighted by atomic mass is 9.33. The number of urea groups is 1. The maximum atomic E-state index is 13.9. The van der Waals surface area contributed by atoms with Gasteiger partial charge in [-0.05, 0) is 173 Å². The minimum atomic E-state index is -0.885. The minimum absolute atomic E-state index is 0.0339. The van der Waals surface area contributed by atoms with Crippen molar-refractivity contribution in [3.8, 4) is 0 Å². The summed E-state index contributed by atoms with van der Waals surface area (Å²) in [6.45, 7) is 25.4. The number of ether oxygens (including phenoxy) is 1. The number of carbonyl (C=O) groups is 3. The number of nitrogens with one attached hydrogen (secondary N) is 3. The topological polar surface area (TPSA) is 117 Å². The Labute approximate surface area is 324 Å². The molecule has 9 atom stereocenters. The highest BCUT2D eigenvalue weighted by Crippen LogP contribution is 2.76. The van der Waals surface area contributed by atoms with Gasteiger partial charge in [-0.15, -0.1) is 0 Å². The van der Waals surface area contributed by atoms with Gasteiger partial charge in [-0.1, -0.05) is 65.0 Å². The Hall–Kier alpha value is -3.29. The molecule has 0 bridgehead atoms. The van der Waals surface area contributed by atoms with Crippen LogP contribution in [-0.2, 0) is 4.74 Å². The molecule has 6 aliphatic carbocycles. The normalized spacial score (nSPS) is 38.6. The summed E-state index contributed by atoms with van der Waals surface area (Å²) < 4.78 is 5.51. The van der Waals surface area contributed by atoms with Crippen LogP contribution in [-0.4, -0.2) is 46.4 Å². The number of carboxylic acid groups (broad SMARTS) is 1. The molecule has 5 saturated carbocycles. The van der Waals surface area contributed by atoms with E-state index in [-0.39, 0.29) is 33.2 Å². The number of amides is 3. The van der Waals surface area contributed by atoms with Gasteiger partial charge in [-0.2, -0.15) is 0 Å². The van der Waals surface area contributed by atoms with Crippen LogP contribution in [0.15, 0.2) is 42.5 Å². The van der Waals surface area contributed by atoms with Crippen molar-refractivity contribution in [1.82, 2.24) is 16.0 Å². The van der Waals surface area contributed by atoms with Crippen LogP contribution in [0.2, 0.25) is 0 Å². The van der Waals surface area contributed by atoms with E-state index in [1.807, 2.05) is 32.9 Å². The molecule has 0 radical (unpaired) electrons. The molecule has 0 saturated heterocycles. The molecule has 296 valence electrons. The van der Waals surface area contributed by atoms with Gasteiger partial charge < -0.3 is 25.8 Å². The molecule has 5 fully saturated rings. The van der Waals surface area contributed by atoms with Crippen molar-refractivity contribution in [3.63, 3.8) is 0 Å². The van der Waals surface area contributed by atoms with Crippen LogP contribution in [0.4, 0.5) is 9.59 Å². The Morgan fingerprint density at radius 3 is 2.15 bits per heavy atom. The molecule has 0 aromatic heterocycles.